The Morgan fingerprint density at radius 3 is 2.57 bits per heavy atom. The topological polar surface area (TPSA) is 61.0 Å². The van der Waals surface area contributed by atoms with E-state index in [1.807, 2.05) is 0 Å². The Hall–Kier alpha value is -1.53. The highest BCUT2D eigenvalue weighted by Crippen LogP contribution is 2.23. The van der Waals surface area contributed by atoms with E-state index >= 15 is 0 Å². The molecule has 0 spiro atoms. The smallest absolute Gasteiger partial charge is 0.425 e. The number of nitrogens with zero attached hydrogens (tertiary/aromatic N) is 2. The molecule has 0 saturated heterocycles. The Labute approximate surface area is 77.9 Å². The van der Waals surface area contributed by atoms with Crippen LogP contribution in [0.15, 0.2) is 12.4 Å². The molecule has 0 fully saturated rings. The minimum absolute atomic E-state index is 0.0596. The van der Waals surface area contributed by atoms with Crippen LogP contribution < -0.4 is 10.5 Å². The molecule has 1 aromatic rings. The van der Waals surface area contributed by atoms with Gasteiger partial charge in [-0.2, -0.15) is 13.2 Å². The summed E-state index contributed by atoms with van der Waals surface area (Å²) >= 11 is 0. The van der Waals surface area contributed by atoms with Gasteiger partial charge in [0.1, 0.15) is 12.1 Å². The SMILES string of the molecule is CC(Oc1cc(N)ncn1)C(F)(F)F. The first kappa shape index (κ1) is 10.6. The Kier molecular flexibility index (Phi) is 2.78. The number of halogens is 3. The lowest BCUT2D eigenvalue weighted by molar-refractivity contribution is -0.189. The lowest BCUT2D eigenvalue weighted by atomic mass is 10.4. The largest absolute Gasteiger partial charge is 0.465 e. The molecule has 0 aliphatic heterocycles. The standard InChI is InChI=1S/C7H8F3N3O/c1-4(7(8,9)10)14-6-2-5(11)12-3-13-6/h2-4H,1H3,(H2,11,12,13). The highest BCUT2D eigenvalue weighted by Gasteiger charge is 2.38. The lowest BCUT2D eigenvalue weighted by Gasteiger charge is -2.16. The van der Waals surface area contributed by atoms with Gasteiger partial charge in [0.05, 0.1) is 0 Å². The molecule has 1 aromatic heterocycles. The van der Waals surface area contributed by atoms with Gasteiger partial charge in [-0.25, -0.2) is 9.97 Å². The summed E-state index contributed by atoms with van der Waals surface area (Å²) in [4.78, 5) is 6.99. The lowest BCUT2D eigenvalue weighted by Crippen LogP contribution is -2.31. The number of nitrogen functional groups attached to an aromatic ring is 1. The van der Waals surface area contributed by atoms with Crippen molar-refractivity contribution in [1.29, 1.82) is 0 Å². The van der Waals surface area contributed by atoms with Crippen molar-refractivity contribution in [2.45, 2.75) is 19.2 Å². The molecule has 0 aliphatic rings. The van der Waals surface area contributed by atoms with Crippen LogP contribution in [-0.2, 0) is 0 Å². The molecule has 0 bridgehead atoms. The summed E-state index contributed by atoms with van der Waals surface area (Å²) < 4.78 is 40.6. The van der Waals surface area contributed by atoms with Crippen molar-refractivity contribution in [1.82, 2.24) is 9.97 Å². The maximum absolute atomic E-state index is 12.0. The van der Waals surface area contributed by atoms with Crippen LogP contribution in [0.3, 0.4) is 0 Å². The number of ether oxygens (including phenoxy) is 1. The fraction of sp³-hybridized carbons (Fsp3) is 0.429. The third-order valence-electron chi connectivity index (χ3n) is 1.42. The van der Waals surface area contributed by atoms with Crippen LogP contribution in [0.25, 0.3) is 0 Å². The van der Waals surface area contributed by atoms with E-state index in [2.05, 4.69) is 14.7 Å². The number of nitrogens with two attached hydrogens (primary N) is 1. The molecule has 4 nitrogen and oxygen atoms in total. The molecule has 0 aromatic carbocycles. The highest BCUT2D eigenvalue weighted by molar-refractivity contribution is 5.30. The molecule has 0 aliphatic carbocycles. The average Bonchev–Trinajstić information content (AvgIpc) is 2.02. The molecule has 0 amide bonds. The zero-order valence-corrected chi connectivity index (χ0v) is 7.25. The van der Waals surface area contributed by atoms with Crippen molar-refractivity contribution >= 4 is 5.82 Å². The third-order valence-corrected chi connectivity index (χ3v) is 1.42. The quantitative estimate of drug-likeness (QED) is 0.795. The molecule has 7 heteroatoms. The maximum atomic E-state index is 12.0. The third kappa shape index (κ3) is 2.75. The summed E-state index contributed by atoms with van der Waals surface area (Å²) in [6, 6.07) is 1.13. The molecule has 1 heterocycles. The first-order valence-corrected chi connectivity index (χ1v) is 3.70. The summed E-state index contributed by atoms with van der Waals surface area (Å²) in [6.07, 6.45) is -5.30. The van der Waals surface area contributed by atoms with E-state index in [4.69, 9.17) is 5.73 Å². The van der Waals surface area contributed by atoms with Crippen LogP contribution in [0, 0.1) is 0 Å². The van der Waals surface area contributed by atoms with Crippen LogP contribution in [0.1, 0.15) is 6.92 Å². The molecule has 2 N–H and O–H groups in total. The van der Waals surface area contributed by atoms with Crippen LogP contribution in [0.5, 0.6) is 5.88 Å². The average molecular weight is 207 g/mol. The molecule has 1 atom stereocenters. The van der Waals surface area contributed by atoms with Crippen LogP contribution >= 0.6 is 0 Å². The molecular weight excluding hydrogens is 199 g/mol. The van der Waals surface area contributed by atoms with Crippen LogP contribution in [0.2, 0.25) is 0 Å². The zero-order valence-electron chi connectivity index (χ0n) is 7.25. The number of anilines is 1. The van der Waals surface area contributed by atoms with Crippen molar-refractivity contribution in [3.63, 3.8) is 0 Å². The van der Waals surface area contributed by atoms with Crippen LogP contribution in [-0.4, -0.2) is 22.2 Å². The fourth-order valence-corrected chi connectivity index (χ4v) is 0.666. The van der Waals surface area contributed by atoms with E-state index in [1.165, 1.54) is 0 Å². The van der Waals surface area contributed by atoms with E-state index in [1.54, 1.807) is 0 Å². The second-order valence-corrected chi connectivity index (χ2v) is 2.58. The van der Waals surface area contributed by atoms with E-state index in [0.29, 0.717) is 0 Å². The van der Waals surface area contributed by atoms with Crippen molar-refractivity contribution < 1.29 is 17.9 Å². The minimum Gasteiger partial charge on any atom is -0.465 e. The van der Waals surface area contributed by atoms with Crippen LogP contribution in [0.4, 0.5) is 19.0 Å². The van der Waals surface area contributed by atoms with Gasteiger partial charge in [-0.05, 0) is 6.92 Å². The highest BCUT2D eigenvalue weighted by atomic mass is 19.4. The van der Waals surface area contributed by atoms with Gasteiger partial charge >= 0.3 is 6.18 Å². The van der Waals surface area contributed by atoms with Gasteiger partial charge in [0.15, 0.2) is 6.10 Å². The van der Waals surface area contributed by atoms with Gasteiger partial charge in [0, 0.05) is 6.07 Å². The number of alkyl halides is 3. The van der Waals surface area contributed by atoms with Gasteiger partial charge in [-0.15, -0.1) is 0 Å². The Morgan fingerprint density at radius 1 is 1.43 bits per heavy atom. The summed E-state index contributed by atoms with van der Waals surface area (Å²) in [7, 11) is 0. The molecule has 0 saturated carbocycles. The molecule has 1 unspecified atom stereocenters. The summed E-state index contributed by atoms with van der Waals surface area (Å²) in [5, 5.41) is 0. The van der Waals surface area contributed by atoms with Crippen molar-refractivity contribution in [3.05, 3.63) is 12.4 Å². The fourth-order valence-electron chi connectivity index (χ4n) is 0.666. The van der Waals surface area contributed by atoms with Gasteiger partial charge in [0.2, 0.25) is 5.88 Å². The second-order valence-electron chi connectivity index (χ2n) is 2.58. The van der Waals surface area contributed by atoms with Crippen molar-refractivity contribution in [2.24, 2.45) is 0 Å². The first-order chi connectivity index (χ1) is 6.39. The second kappa shape index (κ2) is 3.69. The monoisotopic (exact) mass is 207 g/mol. The van der Waals surface area contributed by atoms with Gasteiger partial charge in [0.25, 0.3) is 0 Å². The molecule has 0 radical (unpaired) electrons. The number of hydrogen-bond acceptors (Lipinski definition) is 4. The van der Waals surface area contributed by atoms with Gasteiger partial charge < -0.3 is 10.5 Å². The van der Waals surface area contributed by atoms with E-state index < -0.39 is 12.3 Å². The Morgan fingerprint density at radius 2 is 2.07 bits per heavy atom. The summed E-state index contributed by atoms with van der Waals surface area (Å²) in [5.74, 6) is -0.133. The van der Waals surface area contributed by atoms with Crippen molar-refractivity contribution in [2.75, 3.05) is 5.73 Å². The Balaban J connectivity index is 2.70. The summed E-state index contributed by atoms with van der Waals surface area (Å²) in [6.45, 7) is 0.887. The zero-order chi connectivity index (χ0) is 10.8. The van der Waals surface area contributed by atoms with Crippen molar-refractivity contribution in [3.8, 4) is 5.88 Å². The Bertz CT molecular complexity index is 315. The first-order valence-electron chi connectivity index (χ1n) is 3.70. The number of aromatic nitrogens is 2. The minimum atomic E-state index is -4.42. The summed E-state index contributed by atoms with van der Waals surface area (Å²) in [5.41, 5.74) is 5.23. The molecule has 78 valence electrons. The molecule has 14 heavy (non-hydrogen) atoms. The maximum Gasteiger partial charge on any atom is 0.425 e. The molecule has 1 rings (SSSR count). The van der Waals surface area contributed by atoms with E-state index in [9.17, 15) is 13.2 Å². The number of rotatable bonds is 2. The van der Waals surface area contributed by atoms with Gasteiger partial charge in [-0.3, -0.25) is 0 Å². The van der Waals surface area contributed by atoms with Gasteiger partial charge in [-0.1, -0.05) is 0 Å². The van der Waals surface area contributed by atoms with E-state index in [-0.39, 0.29) is 11.7 Å². The predicted octanol–water partition coefficient (Wildman–Crippen LogP) is 1.39. The number of hydrogen-bond donors (Lipinski definition) is 1. The normalized spacial score (nSPS) is 13.7. The van der Waals surface area contributed by atoms with E-state index in [0.717, 1.165) is 19.3 Å². The molecular formula is C7H8F3N3O. The predicted molar refractivity (Wildman–Crippen MR) is 42.6 cm³/mol.